The van der Waals surface area contributed by atoms with Crippen LogP contribution in [0.3, 0.4) is 0 Å². The molecule has 0 saturated heterocycles. The molecule has 5 heteroatoms. The van der Waals surface area contributed by atoms with Crippen LogP contribution in [0.2, 0.25) is 0 Å². The summed E-state index contributed by atoms with van der Waals surface area (Å²) < 4.78 is 5.37. The third-order valence-electron chi connectivity index (χ3n) is 3.99. The number of carbonyl (C=O) groups excluding carboxylic acids is 1. The molecule has 3 aromatic rings. The quantitative estimate of drug-likeness (QED) is 0.769. The Balaban J connectivity index is 1.81. The second-order valence-corrected chi connectivity index (χ2v) is 5.61. The third kappa shape index (κ3) is 3.83. The fraction of sp³-hybridized carbons (Fsp3) is 0.150. The lowest BCUT2D eigenvalue weighted by atomic mass is 10.0. The number of anilines is 1. The predicted octanol–water partition coefficient (Wildman–Crippen LogP) is 3.89. The van der Waals surface area contributed by atoms with Crippen molar-refractivity contribution >= 4 is 11.7 Å². The summed E-state index contributed by atoms with van der Waals surface area (Å²) in [5.41, 5.74) is 2.49. The van der Waals surface area contributed by atoms with Crippen LogP contribution >= 0.6 is 0 Å². The first kappa shape index (κ1) is 16.6. The lowest BCUT2D eigenvalue weighted by Gasteiger charge is -2.13. The number of nitrogens with zero attached hydrogens (tertiary/aromatic N) is 2. The predicted molar refractivity (Wildman–Crippen MR) is 97.5 cm³/mol. The average Bonchev–Trinajstić information content (AvgIpc) is 2.68. The van der Waals surface area contributed by atoms with Gasteiger partial charge in [-0.3, -0.25) is 4.79 Å². The minimum absolute atomic E-state index is 0.115. The van der Waals surface area contributed by atoms with Crippen LogP contribution in [0.15, 0.2) is 67.0 Å². The lowest BCUT2D eigenvalue weighted by molar-refractivity contribution is -0.117. The summed E-state index contributed by atoms with van der Waals surface area (Å²) in [5, 5.41) is 2.86. The number of aromatic nitrogens is 2. The van der Waals surface area contributed by atoms with Crippen LogP contribution in [-0.4, -0.2) is 23.0 Å². The smallest absolute Gasteiger partial charge is 0.232 e. The Bertz CT molecular complexity index is 866. The van der Waals surface area contributed by atoms with Crippen molar-refractivity contribution < 1.29 is 9.53 Å². The largest absolute Gasteiger partial charge is 0.496 e. The summed E-state index contributed by atoms with van der Waals surface area (Å²) in [5.74, 6) is 0.793. The van der Waals surface area contributed by atoms with Gasteiger partial charge >= 0.3 is 0 Å². The van der Waals surface area contributed by atoms with Crippen molar-refractivity contribution in [2.24, 2.45) is 0 Å². The van der Waals surface area contributed by atoms with Crippen LogP contribution in [0.4, 0.5) is 5.82 Å². The van der Waals surface area contributed by atoms with Gasteiger partial charge in [0.15, 0.2) is 0 Å². The van der Waals surface area contributed by atoms with Crippen molar-refractivity contribution in [1.29, 1.82) is 0 Å². The van der Waals surface area contributed by atoms with Crippen molar-refractivity contribution in [3.63, 3.8) is 0 Å². The van der Waals surface area contributed by atoms with Gasteiger partial charge in [-0.1, -0.05) is 42.5 Å². The van der Waals surface area contributed by atoms with E-state index in [9.17, 15) is 4.79 Å². The zero-order valence-corrected chi connectivity index (χ0v) is 14.1. The minimum atomic E-state index is -0.272. The Hall–Kier alpha value is -3.21. The van der Waals surface area contributed by atoms with Crippen molar-refractivity contribution in [3.8, 4) is 17.0 Å². The average molecular weight is 333 g/mol. The van der Waals surface area contributed by atoms with E-state index in [4.69, 9.17) is 4.74 Å². The number of methoxy groups -OCH3 is 1. The molecule has 25 heavy (non-hydrogen) atoms. The summed E-state index contributed by atoms with van der Waals surface area (Å²) in [6.07, 6.45) is 1.44. The molecule has 5 nitrogen and oxygen atoms in total. The molecule has 0 aliphatic heterocycles. The number of ether oxygens (including phenoxy) is 1. The first-order chi connectivity index (χ1) is 12.2. The molecule has 0 unspecified atom stereocenters. The van der Waals surface area contributed by atoms with E-state index in [0.717, 1.165) is 16.9 Å². The maximum atomic E-state index is 12.5. The number of para-hydroxylation sites is 1. The van der Waals surface area contributed by atoms with Crippen molar-refractivity contribution in [2.75, 3.05) is 12.4 Å². The Labute approximate surface area is 146 Å². The molecule has 126 valence electrons. The van der Waals surface area contributed by atoms with Crippen LogP contribution < -0.4 is 10.1 Å². The van der Waals surface area contributed by atoms with Crippen LogP contribution in [0.5, 0.6) is 5.75 Å². The summed E-state index contributed by atoms with van der Waals surface area (Å²) >= 11 is 0. The normalized spacial score (nSPS) is 11.6. The highest BCUT2D eigenvalue weighted by molar-refractivity contribution is 5.95. The molecule has 0 aliphatic rings. The van der Waals surface area contributed by atoms with Gasteiger partial charge in [-0.2, -0.15) is 0 Å². The highest BCUT2D eigenvalue weighted by Gasteiger charge is 2.16. The van der Waals surface area contributed by atoms with Gasteiger partial charge in [-0.15, -0.1) is 0 Å². The topological polar surface area (TPSA) is 64.1 Å². The molecule has 3 rings (SSSR count). The van der Waals surface area contributed by atoms with E-state index in [0.29, 0.717) is 11.5 Å². The van der Waals surface area contributed by atoms with E-state index < -0.39 is 0 Å². The fourth-order valence-corrected chi connectivity index (χ4v) is 2.56. The second-order valence-electron chi connectivity index (χ2n) is 5.61. The molecule has 1 heterocycles. The number of hydrogen-bond donors (Lipinski definition) is 1. The van der Waals surface area contributed by atoms with Gasteiger partial charge in [0.1, 0.15) is 17.9 Å². The van der Waals surface area contributed by atoms with Gasteiger partial charge in [0, 0.05) is 11.6 Å². The maximum Gasteiger partial charge on any atom is 0.232 e. The standard InChI is InChI=1S/C20H19N3O2/c1-14(15-8-4-3-5-9-15)20(24)23-19-12-17(21-13-22-19)16-10-6-7-11-18(16)25-2/h3-14H,1-2H3,(H,21,22,23,24)/t14-/m1/s1. The summed E-state index contributed by atoms with van der Waals surface area (Å²) in [6, 6.07) is 19.0. The van der Waals surface area contributed by atoms with Gasteiger partial charge in [-0.25, -0.2) is 9.97 Å². The van der Waals surface area contributed by atoms with Gasteiger partial charge in [0.25, 0.3) is 0 Å². The number of amides is 1. The SMILES string of the molecule is COc1ccccc1-c1cc(NC(=O)[C@H](C)c2ccccc2)ncn1. The zero-order chi connectivity index (χ0) is 17.6. The van der Waals surface area contributed by atoms with Crippen LogP contribution in [0, 0.1) is 0 Å². The molecule has 0 aliphatic carbocycles. The summed E-state index contributed by atoms with van der Waals surface area (Å²) in [7, 11) is 1.62. The van der Waals surface area contributed by atoms with Gasteiger partial charge in [-0.05, 0) is 24.6 Å². The maximum absolute atomic E-state index is 12.5. The molecule has 0 fully saturated rings. The van der Waals surface area contributed by atoms with Crippen molar-refractivity contribution in [2.45, 2.75) is 12.8 Å². The van der Waals surface area contributed by atoms with Crippen molar-refractivity contribution in [1.82, 2.24) is 9.97 Å². The highest BCUT2D eigenvalue weighted by atomic mass is 16.5. The Kier molecular flexibility index (Phi) is 5.04. The van der Waals surface area contributed by atoms with E-state index in [2.05, 4.69) is 15.3 Å². The van der Waals surface area contributed by atoms with E-state index >= 15 is 0 Å². The molecule has 1 amide bonds. The molecular weight excluding hydrogens is 314 g/mol. The minimum Gasteiger partial charge on any atom is -0.496 e. The molecule has 1 aromatic heterocycles. The van der Waals surface area contributed by atoms with Gasteiger partial charge in [0.2, 0.25) is 5.91 Å². The molecule has 2 aromatic carbocycles. The second kappa shape index (κ2) is 7.57. The first-order valence-corrected chi connectivity index (χ1v) is 8.00. The molecule has 0 radical (unpaired) electrons. The molecule has 0 bridgehead atoms. The number of carbonyl (C=O) groups is 1. The molecular formula is C20H19N3O2. The number of benzene rings is 2. The summed E-state index contributed by atoms with van der Waals surface area (Å²) in [6.45, 7) is 1.87. The number of nitrogens with one attached hydrogen (secondary N) is 1. The monoisotopic (exact) mass is 333 g/mol. The molecule has 1 atom stereocenters. The highest BCUT2D eigenvalue weighted by Crippen LogP contribution is 2.29. The van der Waals surface area contributed by atoms with E-state index in [1.807, 2.05) is 61.5 Å². The lowest BCUT2D eigenvalue weighted by Crippen LogP contribution is -2.19. The van der Waals surface area contributed by atoms with E-state index in [1.54, 1.807) is 13.2 Å². The molecule has 0 saturated carbocycles. The summed E-state index contributed by atoms with van der Waals surface area (Å²) in [4.78, 5) is 20.9. The van der Waals surface area contributed by atoms with E-state index in [1.165, 1.54) is 6.33 Å². The van der Waals surface area contributed by atoms with E-state index in [-0.39, 0.29) is 11.8 Å². The first-order valence-electron chi connectivity index (χ1n) is 8.00. The Morgan fingerprint density at radius 3 is 2.52 bits per heavy atom. The zero-order valence-electron chi connectivity index (χ0n) is 14.1. The number of hydrogen-bond acceptors (Lipinski definition) is 4. The number of rotatable bonds is 5. The molecule has 0 spiro atoms. The Morgan fingerprint density at radius 1 is 1.04 bits per heavy atom. The Morgan fingerprint density at radius 2 is 1.76 bits per heavy atom. The van der Waals surface area contributed by atoms with Crippen LogP contribution in [0.25, 0.3) is 11.3 Å². The van der Waals surface area contributed by atoms with Gasteiger partial charge < -0.3 is 10.1 Å². The van der Waals surface area contributed by atoms with Crippen molar-refractivity contribution in [3.05, 3.63) is 72.6 Å². The van der Waals surface area contributed by atoms with Crippen LogP contribution in [-0.2, 0) is 4.79 Å². The third-order valence-corrected chi connectivity index (χ3v) is 3.99. The van der Waals surface area contributed by atoms with Gasteiger partial charge in [0.05, 0.1) is 18.7 Å². The van der Waals surface area contributed by atoms with Crippen LogP contribution in [0.1, 0.15) is 18.4 Å². The molecule has 1 N–H and O–H groups in total. The fourth-order valence-electron chi connectivity index (χ4n) is 2.56.